The smallest absolute Gasteiger partial charge is 0.369 e. The molecule has 12 heteroatoms. The van der Waals surface area contributed by atoms with E-state index in [1.54, 1.807) is 62.4 Å². The van der Waals surface area contributed by atoms with E-state index in [0.717, 1.165) is 0 Å². The number of hydrazone groups is 2. The summed E-state index contributed by atoms with van der Waals surface area (Å²) in [6, 6.07) is 15.9. The highest BCUT2D eigenvalue weighted by molar-refractivity contribution is 6.43. The van der Waals surface area contributed by atoms with Gasteiger partial charge < -0.3 is 14.8 Å². The summed E-state index contributed by atoms with van der Waals surface area (Å²) >= 11 is 0. The van der Waals surface area contributed by atoms with Crippen molar-refractivity contribution in [2.75, 3.05) is 29.4 Å². The predicted octanol–water partition coefficient (Wildman–Crippen LogP) is 2.65. The van der Waals surface area contributed by atoms with E-state index in [-0.39, 0.29) is 19.1 Å². The molecule has 0 radical (unpaired) electrons. The fourth-order valence-corrected chi connectivity index (χ4v) is 2.40. The van der Waals surface area contributed by atoms with E-state index in [9.17, 15) is 14.4 Å². The number of amides is 1. The molecule has 0 aromatic heterocycles. The first kappa shape index (κ1) is 26.0. The Labute approximate surface area is 200 Å². The lowest BCUT2D eigenvalue weighted by molar-refractivity contribution is -0.135. The average Bonchev–Trinajstić information content (AvgIpc) is 2.86. The van der Waals surface area contributed by atoms with Crippen LogP contribution in [0.15, 0.2) is 58.7 Å². The van der Waals surface area contributed by atoms with Crippen LogP contribution >= 0.6 is 0 Å². The van der Waals surface area contributed by atoms with Gasteiger partial charge in [-0.3, -0.25) is 15.6 Å². The summed E-state index contributed by atoms with van der Waals surface area (Å²) in [6.07, 6.45) is 0. The second-order valence-electron chi connectivity index (χ2n) is 6.42. The summed E-state index contributed by atoms with van der Waals surface area (Å²) < 4.78 is 9.44. The fourth-order valence-electron chi connectivity index (χ4n) is 2.40. The summed E-state index contributed by atoms with van der Waals surface area (Å²) in [7, 11) is 0. The van der Waals surface area contributed by atoms with E-state index in [1.165, 1.54) is 12.1 Å². The van der Waals surface area contributed by atoms with Crippen molar-refractivity contribution in [1.82, 2.24) is 0 Å². The monoisotopic (exact) mass is 475 g/mol. The molecule has 0 unspecified atom stereocenters. The summed E-state index contributed by atoms with van der Waals surface area (Å²) in [5.74, 6) is -2.04. The highest BCUT2D eigenvalue weighted by Crippen LogP contribution is 2.16. The third kappa shape index (κ3) is 8.00. The second kappa shape index (κ2) is 13.3. The van der Waals surface area contributed by atoms with Crippen molar-refractivity contribution in [3.63, 3.8) is 0 Å². The minimum Gasteiger partial charge on any atom is -0.461 e. The third-order valence-corrected chi connectivity index (χ3v) is 4.03. The van der Waals surface area contributed by atoms with Crippen LogP contribution in [0.3, 0.4) is 0 Å². The van der Waals surface area contributed by atoms with E-state index in [4.69, 9.17) is 20.0 Å². The van der Waals surface area contributed by atoms with Gasteiger partial charge in [0.05, 0.1) is 24.6 Å². The zero-order valence-corrected chi connectivity index (χ0v) is 18.9. The number of benzene rings is 2. The van der Waals surface area contributed by atoms with E-state index < -0.39 is 23.4 Å². The molecule has 0 atom stereocenters. The predicted molar refractivity (Wildman–Crippen MR) is 127 cm³/mol. The number of hydrogen-bond donors (Lipinski definition) is 3. The SMILES string of the molecule is CCOC(=O)/C(C#N)=N\Nc1ccc(NC(=O)c2ccc(N/N=C(/C#N)C(=O)OCC)cc2)cc1. The minimum atomic E-state index is -0.837. The molecule has 35 heavy (non-hydrogen) atoms. The highest BCUT2D eigenvalue weighted by Gasteiger charge is 2.13. The number of esters is 2. The molecule has 2 aromatic carbocycles. The van der Waals surface area contributed by atoms with Gasteiger partial charge in [0.15, 0.2) is 0 Å². The maximum absolute atomic E-state index is 12.5. The largest absolute Gasteiger partial charge is 0.461 e. The summed E-state index contributed by atoms with van der Waals surface area (Å²) in [6.45, 7) is 3.48. The zero-order chi connectivity index (χ0) is 25.6. The molecule has 0 aliphatic rings. The molecule has 2 aromatic rings. The van der Waals surface area contributed by atoms with Gasteiger partial charge in [-0.1, -0.05) is 0 Å². The molecular weight excluding hydrogens is 454 g/mol. The van der Waals surface area contributed by atoms with Crippen LogP contribution in [0, 0.1) is 22.7 Å². The van der Waals surface area contributed by atoms with Crippen molar-refractivity contribution in [1.29, 1.82) is 10.5 Å². The first-order valence-electron chi connectivity index (χ1n) is 10.2. The van der Waals surface area contributed by atoms with Gasteiger partial charge >= 0.3 is 11.9 Å². The highest BCUT2D eigenvalue weighted by atomic mass is 16.5. The number of anilines is 3. The lowest BCUT2D eigenvalue weighted by atomic mass is 10.2. The lowest BCUT2D eigenvalue weighted by Crippen LogP contribution is -2.17. The van der Waals surface area contributed by atoms with Gasteiger partial charge in [0.1, 0.15) is 12.1 Å². The van der Waals surface area contributed by atoms with Gasteiger partial charge in [0.25, 0.3) is 5.91 Å². The first-order chi connectivity index (χ1) is 16.9. The fraction of sp³-hybridized carbons (Fsp3) is 0.174. The first-order valence-corrected chi connectivity index (χ1v) is 10.2. The number of carbonyl (C=O) groups excluding carboxylic acids is 3. The van der Waals surface area contributed by atoms with Gasteiger partial charge in [-0.25, -0.2) is 9.59 Å². The molecule has 2 rings (SSSR count). The molecule has 178 valence electrons. The normalized spacial score (nSPS) is 10.9. The van der Waals surface area contributed by atoms with Crippen LogP contribution in [-0.4, -0.2) is 42.5 Å². The van der Waals surface area contributed by atoms with E-state index in [0.29, 0.717) is 22.6 Å². The quantitative estimate of drug-likeness (QED) is 0.265. The number of nitrogens with zero attached hydrogens (tertiary/aromatic N) is 4. The molecule has 0 saturated heterocycles. The Morgan fingerprint density at radius 1 is 0.743 bits per heavy atom. The van der Waals surface area contributed by atoms with Crippen LogP contribution in [0.2, 0.25) is 0 Å². The molecule has 0 aliphatic carbocycles. The average molecular weight is 475 g/mol. The molecule has 12 nitrogen and oxygen atoms in total. The van der Waals surface area contributed by atoms with E-state index in [1.807, 2.05) is 0 Å². The van der Waals surface area contributed by atoms with Crippen molar-refractivity contribution in [2.24, 2.45) is 10.2 Å². The molecule has 0 heterocycles. The van der Waals surface area contributed by atoms with Gasteiger partial charge in [0, 0.05) is 11.3 Å². The summed E-state index contributed by atoms with van der Waals surface area (Å²) in [5, 5.41) is 28.1. The van der Waals surface area contributed by atoms with Crippen LogP contribution in [0.25, 0.3) is 0 Å². The van der Waals surface area contributed by atoms with Gasteiger partial charge in [-0.2, -0.15) is 20.7 Å². The number of nitrogens with one attached hydrogen (secondary N) is 3. The van der Waals surface area contributed by atoms with Gasteiger partial charge in [-0.15, -0.1) is 0 Å². The van der Waals surface area contributed by atoms with Gasteiger partial charge in [-0.05, 0) is 62.4 Å². The van der Waals surface area contributed by atoms with Crippen molar-refractivity contribution in [3.8, 4) is 12.1 Å². The van der Waals surface area contributed by atoms with Gasteiger partial charge in [0.2, 0.25) is 11.4 Å². The number of rotatable bonds is 10. The van der Waals surface area contributed by atoms with E-state index >= 15 is 0 Å². The Hall–Kier alpha value is -5.23. The standard InChI is InChI=1S/C23H21N7O5/c1-3-34-22(32)19(13-24)29-27-17-7-5-15(6-8-17)21(31)26-16-9-11-18(12-10-16)28-30-20(14-25)23(33)35-4-2/h5-12,27-28H,3-4H2,1-2H3,(H,26,31)/b29-19-,30-20-. The Morgan fingerprint density at radius 3 is 1.54 bits per heavy atom. The molecule has 3 N–H and O–H groups in total. The molecular formula is C23H21N7O5. The topological polar surface area (TPSA) is 178 Å². The van der Waals surface area contributed by atoms with Crippen LogP contribution in [-0.2, 0) is 19.1 Å². The van der Waals surface area contributed by atoms with Crippen LogP contribution < -0.4 is 16.2 Å². The van der Waals surface area contributed by atoms with Crippen LogP contribution in [0.5, 0.6) is 0 Å². The van der Waals surface area contributed by atoms with Crippen molar-refractivity contribution in [2.45, 2.75) is 13.8 Å². The Balaban J connectivity index is 1.97. The Kier molecular flexibility index (Phi) is 9.93. The van der Waals surface area contributed by atoms with Crippen LogP contribution in [0.4, 0.5) is 17.1 Å². The van der Waals surface area contributed by atoms with Crippen LogP contribution in [0.1, 0.15) is 24.2 Å². The van der Waals surface area contributed by atoms with Crippen molar-refractivity contribution in [3.05, 3.63) is 54.1 Å². The third-order valence-electron chi connectivity index (χ3n) is 4.03. The second-order valence-corrected chi connectivity index (χ2v) is 6.42. The Bertz CT molecular complexity index is 1210. The summed E-state index contributed by atoms with van der Waals surface area (Å²) in [4.78, 5) is 35.6. The number of carbonyl (C=O) groups is 3. The molecule has 0 aliphatic heterocycles. The van der Waals surface area contributed by atoms with E-state index in [2.05, 4.69) is 26.4 Å². The maximum Gasteiger partial charge on any atom is 0.369 e. The molecule has 0 saturated carbocycles. The molecule has 0 bridgehead atoms. The molecule has 1 amide bonds. The van der Waals surface area contributed by atoms with Crippen molar-refractivity contribution < 1.29 is 23.9 Å². The number of ether oxygens (including phenoxy) is 2. The maximum atomic E-state index is 12.5. The van der Waals surface area contributed by atoms with Crippen molar-refractivity contribution >= 4 is 46.3 Å². The Morgan fingerprint density at radius 2 is 1.14 bits per heavy atom. The number of nitriles is 2. The molecule has 0 spiro atoms. The lowest BCUT2D eigenvalue weighted by Gasteiger charge is -2.08. The minimum absolute atomic E-state index is 0.119. The molecule has 0 fully saturated rings. The zero-order valence-electron chi connectivity index (χ0n) is 18.9. The summed E-state index contributed by atoms with van der Waals surface area (Å²) in [5.41, 5.74) is 6.07. The number of hydrogen-bond acceptors (Lipinski definition) is 11.